The maximum absolute atomic E-state index is 13.2. The molecule has 1 saturated carbocycles. The van der Waals surface area contributed by atoms with Crippen LogP contribution in [0.1, 0.15) is 43.7 Å². The smallest absolute Gasteiger partial charge is 0.271 e. The average molecular weight is 462 g/mol. The molecular weight excluding hydrogens is 434 g/mol. The Hall–Kier alpha value is -2.90. The first-order valence-corrected chi connectivity index (χ1v) is 12.6. The number of hydrogen-bond donors (Lipinski definition) is 1. The van der Waals surface area contributed by atoms with Crippen molar-refractivity contribution in [3.05, 3.63) is 62.5 Å². The number of rotatable bonds is 5. The largest absolute Gasteiger partial charge is 0.494 e. The highest BCUT2D eigenvalue weighted by Crippen LogP contribution is 2.44. The molecule has 0 unspecified atom stereocenters. The number of aromatic nitrogens is 2. The van der Waals surface area contributed by atoms with Gasteiger partial charge in [0.05, 0.1) is 18.0 Å². The van der Waals surface area contributed by atoms with Crippen molar-refractivity contribution >= 4 is 32.7 Å². The number of likely N-dealkylation sites (tertiary alicyclic amines) is 1. The van der Waals surface area contributed by atoms with E-state index < -0.39 is 0 Å². The zero-order valence-electron chi connectivity index (χ0n) is 18.7. The molecule has 4 aromatic rings. The zero-order valence-corrected chi connectivity index (χ0v) is 19.5. The molecule has 1 aliphatic carbocycles. The third-order valence-electron chi connectivity index (χ3n) is 6.98. The topological polar surface area (TPSA) is 67.3 Å². The number of benzene rings is 2. The first kappa shape index (κ1) is 20.7. The van der Waals surface area contributed by atoms with Crippen LogP contribution >= 0.6 is 11.5 Å². The number of nitrogens with zero attached hydrogens (tertiary/aromatic N) is 2. The monoisotopic (exact) mass is 461 g/mol. The number of aromatic amines is 1. The second-order valence-electron chi connectivity index (χ2n) is 9.22. The third kappa shape index (κ3) is 3.50. The maximum Gasteiger partial charge on any atom is 0.271 e. The van der Waals surface area contributed by atoms with E-state index in [1.807, 2.05) is 12.1 Å². The van der Waals surface area contributed by atoms with E-state index in [0.717, 1.165) is 36.0 Å². The minimum absolute atomic E-state index is 0.221. The molecule has 2 fully saturated rings. The van der Waals surface area contributed by atoms with Gasteiger partial charge in [-0.2, -0.15) is 0 Å². The fraction of sp³-hybridized carbons (Fsp3) is 0.385. The lowest BCUT2D eigenvalue weighted by Crippen LogP contribution is -2.28. The molecule has 2 aromatic heterocycles. The van der Waals surface area contributed by atoms with Gasteiger partial charge in [0.2, 0.25) is 5.43 Å². The molecule has 170 valence electrons. The highest BCUT2D eigenvalue weighted by Gasteiger charge is 2.30. The zero-order chi connectivity index (χ0) is 22.5. The van der Waals surface area contributed by atoms with Crippen molar-refractivity contribution in [3.8, 4) is 16.9 Å². The first-order chi connectivity index (χ1) is 16.2. The second kappa shape index (κ2) is 8.15. The molecule has 7 heteroatoms. The maximum atomic E-state index is 13.2. The fourth-order valence-electron chi connectivity index (χ4n) is 5.17. The standard InChI is InChI=1S/C26H27N3O3S/c1-32-24-19(17-7-5-16(6-8-17)15-28-13-3-2-4-14-28)11-12-20-22(24)29(18-9-10-18)26-21(23(20)30)25(31)27-33-26/h5-8,11-12,18H,2-4,9-10,13-15H2,1H3,(H,27,31). The highest BCUT2D eigenvalue weighted by atomic mass is 32.1. The highest BCUT2D eigenvalue weighted by molar-refractivity contribution is 7.12. The Bertz CT molecular complexity index is 1450. The molecule has 1 aliphatic heterocycles. The van der Waals surface area contributed by atoms with Crippen molar-refractivity contribution in [1.82, 2.24) is 13.8 Å². The minimum Gasteiger partial charge on any atom is -0.494 e. The van der Waals surface area contributed by atoms with Crippen LogP contribution in [0.5, 0.6) is 5.75 Å². The lowest BCUT2D eigenvalue weighted by molar-refractivity contribution is 0.221. The summed E-state index contributed by atoms with van der Waals surface area (Å²) in [6.45, 7) is 3.35. The van der Waals surface area contributed by atoms with E-state index in [4.69, 9.17) is 4.74 Å². The summed E-state index contributed by atoms with van der Waals surface area (Å²) in [5, 5.41) is 0.803. The molecule has 3 heterocycles. The predicted molar refractivity (Wildman–Crippen MR) is 134 cm³/mol. The van der Waals surface area contributed by atoms with Crippen LogP contribution < -0.4 is 15.7 Å². The van der Waals surface area contributed by atoms with Gasteiger partial charge in [-0.05, 0) is 73.6 Å². The van der Waals surface area contributed by atoms with Crippen molar-refractivity contribution in [2.24, 2.45) is 0 Å². The summed E-state index contributed by atoms with van der Waals surface area (Å²) < 4.78 is 10.9. The van der Waals surface area contributed by atoms with Gasteiger partial charge in [-0.3, -0.25) is 18.9 Å². The molecule has 0 atom stereocenters. The Morgan fingerprint density at radius 3 is 2.48 bits per heavy atom. The van der Waals surface area contributed by atoms with E-state index in [1.54, 1.807) is 7.11 Å². The molecule has 0 spiro atoms. The summed E-state index contributed by atoms with van der Waals surface area (Å²) >= 11 is 1.24. The molecule has 6 nitrogen and oxygen atoms in total. The molecule has 33 heavy (non-hydrogen) atoms. The van der Waals surface area contributed by atoms with Crippen molar-refractivity contribution in [1.29, 1.82) is 0 Å². The van der Waals surface area contributed by atoms with Gasteiger partial charge in [0.1, 0.15) is 10.2 Å². The Morgan fingerprint density at radius 2 is 1.79 bits per heavy atom. The molecule has 6 rings (SSSR count). The molecule has 0 radical (unpaired) electrons. The van der Waals surface area contributed by atoms with Crippen molar-refractivity contribution in [3.63, 3.8) is 0 Å². The van der Waals surface area contributed by atoms with Gasteiger partial charge in [0.15, 0.2) is 5.75 Å². The van der Waals surface area contributed by atoms with Gasteiger partial charge in [-0.1, -0.05) is 30.7 Å². The van der Waals surface area contributed by atoms with Crippen LogP contribution in [0, 0.1) is 0 Å². The molecule has 2 aromatic carbocycles. The number of piperidine rings is 1. The number of ether oxygens (including phenoxy) is 1. The van der Waals surface area contributed by atoms with E-state index in [1.165, 1.54) is 49.4 Å². The van der Waals surface area contributed by atoms with Crippen LogP contribution in [0.4, 0.5) is 0 Å². The average Bonchev–Trinajstić information content (AvgIpc) is 3.61. The SMILES string of the molecule is COc1c(-c2ccc(CN3CCCCC3)cc2)ccc2c(=O)c3c(=O)[nH]sc3n(C3CC3)c12. The van der Waals surface area contributed by atoms with Crippen molar-refractivity contribution in [2.75, 3.05) is 20.2 Å². The number of H-pyrrole nitrogens is 1. The minimum atomic E-state index is -0.302. The summed E-state index contributed by atoms with van der Waals surface area (Å²) in [5.74, 6) is 0.697. The Kier molecular flexibility index (Phi) is 5.11. The molecule has 1 N–H and O–H groups in total. The number of hydrogen-bond acceptors (Lipinski definition) is 5. The van der Waals surface area contributed by atoms with Crippen molar-refractivity contribution in [2.45, 2.75) is 44.7 Å². The van der Waals surface area contributed by atoms with E-state index in [0.29, 0.717) is 16.0 Å². The van der Waals surface area contributed by atoms with E-state index >= 15 is 0 Å². The lowest BCUT2D eigenvalue weighted by Gasteiger charge is -2.26. The van der Waals surface area contributed by atoms with Crippen LogP contribution in [0.2, 0.25) is 0 Å². The van der Waals surface area contributed by atoms with Gasteiger partial charge >= 0.3 is 0 Å². The van der Waals surface area contributed by atoms with Gasteiger partial charge in [-0.25, -0.2) is 0 Å². The number of methoxy groups -OCH3 is 1. The molecule has 1 saturated heterocycles. The quantitative estimate of drug-likeness (QED) is 0.459. The molecular formula is C26H27N3O3S. The van der Waals surface area contributed by atoms with E-state index in [2.05, 4.69) is 38.1 Å². The summed E-state index contributed by atoms with van der Waals surface area (Å²) in [4.78, 5) is 28.8. The van der Waals surface area contributed by atoms with Gasteiger partial charge in [0.25, 0.3) is 5.56 Å². The van der Waals surface area contributed by atoms with E-state index in [-0.39, 0.29) is 22.4 Å². The summed E-state index contributed by atoms with van der Waals surface area (Å²) in [5.41, 5.74) is 3.61. The predicted octanol–water partition coefficient (Wildman–Crippen LogP) is 4.90. The number of fused-ring (bicyclic) bond motifs is 2. The second-order valence-corrected chi connectivity index (χ2v) is 10.0. The Labute approximate surface area is 195 Å². The molecule has 2 aliphatic rings. The van der Waals surface area contributed by atoms with Crippen LogP contribution in [-0.2, 0) is 6.54 Å². The van der Waals surface area contributed by atoms with Gasteiger partial charge in [0, 0.05) is 18.2 Å². The molecule has 0 bridgehead atoms. The van der Waals surface area contributed by atoms with Crippen molar-refractivity contribution < 1.29 is 4.74 Å². The van der Waals surface area contributed by atoms with Crippen LogP contribution in [0.15, 0.2) is 46.0 Å². The third-order valence-corrected chi connectivity index (χ3v) is 7.86. The van der Waals surface area contributed by atoms with Crippen LogP contribution in [-0.4, -0.2) is 34.0 Å². The van der Waals surface area contributed by atoms with Crippen LogP contribution in [0.25, 0.3) is 32.2 Å². The normalized spacial score (nSPS) is 17.1. The van der Waals surface area contributed by atoms with Gasteiger partial charge in [-0.15, -0.1) is 0 Å². The summed E-state index contributed by atoms with van der Waals surface area (Å²) in [7, 11) is 1.66. The summed E-state index contributed by atoms with van der Waals surface area (Å²) in [6.07, 6.45) is 6.00. The fourth-order valence-corrected chi connectivity index (χ4v) is 6.09. The lowest BCUT2D eigenvalue weighted by atomic mass is 9.99. The molecule has 0 amide bonds. The van der Waals surface area contributed by atoms with Crippen LogP contribution in [0.3, 0.4) is 0 Å². The summed E-state index contributed by atoms with van der Waals surface area (Å²) in [6, 6.07) is 12.8. The Balaban J connectivity index is 1.48. The first-order valence-electron chi connectivity index (χ1n) is 11.7. The number of pyridine rings is 1. The Morgan fingerprint density at radius 1 is 1.03 bits per heavy atom. The van der Waals surface area contributed by atoms with E-state index in [9.17, 15) is 9.59 Å². The van der Waals surface area contributed by atoms with Gasteiger partial charge < -0.3 is 9.30 Å². The number of nitrogens with one attached hydrogen (secondary N) is 1.